The van der Waals surface area contributed by atoms with E-state index in [4.69, 9.17) is 14.2 Å². The summed E-state index contributed by atoms with van der Waals surface area (Å²) < 4.78 is 18.7. The molecule has 7 nitrogen and oxygen atoms in total. The molecule has 2 atom stereocenters. The molecule has 1 N–H and O–H groups in total. The van der Waals surface area contributed by atoms with Gasteiger partial charge in [-0.25, -0.2) is 0 Å². The summed E-state index contributed by atoms with van der Waals surface area (Å²) in [6, 6.07) is 16.4. The van der Waals surface area contributed by atoms with Gasteiger partial charge in [0.2, 0.25) is 0 Å². The number of aliphatic hydroxyl groups excluding tert-OH is 1. The van der Waals surface area contributed by atoms with Crippen LogP contribution in [-0.4, -0.2) is 59.9 Å². The van der Waals surface area contributed by atoms with E-state index in [1.54, 1.807) is 20.4 Å². The highest BCUT2D eigenvalue weighted by Crippen LogP contribution is 2.36. The van der Waals surface area contributed by atoms with Crippen LogP contribution in [0, 0.1) is 0 Å². The zero-order chi connectivity index (χ0) is 21.6. The van der Waals surface area contributed by atoms with Crippen molar-refractivity contribution in [1.29, 1.82) is 0 Å². The number of hydrogen-bond acceptors (Lipinski definition) is 6. The molecule has 1 saturated heterocycles. The van der Waals surface area contributed by atoms with Gasteiger partial charge in [-0.2, -0.15) is 5.10 Å². The second kappa shape index (κ2) is 9.96. The van der Waals surface area contributed by atoms with Crippen LogP contribution in [0.1, 0.15) is 22.7 Å². The van der Waals surface area contributed by atoms with E-state index in [9.17, 15) is 5.11 Å². The van der Waals surface area contributed by atoms with Crippen molar-refractivity contribution in [3.63, 3.8) is 0 Å². The van der Waals surface area contributed by atoms with Crippen molar-refractivity contribution in [2.75, 3.05) is 34.0 Å². The quantitative estimate of drug-likeness (QED) is 0.601. The predicted molar refractivity (Wildman–Crippen MR) is 117 cm³/mol. The molecule has 31 heavy (non-hydrogen) atoms. The van der Waals surface area contributed by atoms with Crippen molar-refractivity contribution in [1.82, 2.24) is 14.7 Å². The molecule has 0 amide bonds. The van der Waals surface area contributed by atoms with Crippen molar-refractivity contribution in [2.24, 2.45) is 0 Å². The van der Waals surface area contributed by atoms with E-state index in [0.717, 1.165) is 25.2 Å². The Labute approximate surface area is 182 Å². The first kappa shape index (κ1) is 21.4. The lowest BCUT2D eigenvalue weighted by atomic mass is 9.97. The fourth-order valence-corrected chi connectivity index (χ4v) is 4.14. The lowest BCUT2D eigenvalue weighted by molar-refractivity contribution is -0.0961. The molecule has 7 heteroatoms. The van der Waals surface area contributed by atoms with Gasteiger partial charge >= 0.3 is 0 Å². The van der Waals surface area contributed by atoms with Gasteiger partial charge in [0.05, 0.1) is 40.0 Å². The SMILES string of the molecule is COc1ccc([C@@H]2[C@@H](CO)OCCN2Cc2ccc(Cn3cccn3)cc2)cc1OC. The number of nitrogens with zero attached hydrogens (tertiary/aromatic N) is 3. The Hall–Kier alpha value is -2.87. The van der Waals surface area contributed by atoms with Crippen molar-refractivity contribution in [2.45, 2.75) is 25.2 Å². The third kappa shape index (κ3) is 4.90. The number of aromatic nitrogens is 2. The molecule has 0 bridgehead atoms. The number of benzene rings is 2. The Bertz CT molecular complexity index is 959. The molecule has 164 valence electrons. The molecule has 0 aliphatic carbocycles. The van der Waals surface area contributed by atoms with Crippen molar-refractivity contribution >= 4 is 0 Å². The van der Waals surface area contributed by atoms with Crippen LogP contribution in [-0.2, 0) is 17.8 Å². The van der Waals surface area contributed by atoms with E-state index >= 15 is 0 Å². The molecule has 1 aliphatic heterocycles. The predicted octanol–water partition coefficient (Wildman–Crippen LogP) is 2.88. The van der Waals surface area contributed by atoms with Gasteiger partial charge in [0.15, 0.2) is 11.5 Å². The van der Waals surface area contributed by atoms with Crippen LogP contribution in [0.2, 0.25) is 0 Å². The summed E-state index contributed by atoms with van der Waals surface area (Å²) in [5.74, 6) is 1.35. The summed E-state index contributed by atoms with van der Waals surface area (Å²) in [6.07, 6.45) is 3.45. The van der Waals surface area contributed by atoms with Crippen molar-refractivity contribution < 1.29 is 19.3 Å². The molecule has 0 saturated carbocycles. The summed E-state index contributed by atoms with van der Waals surface area (Å²) in [5, 5.41) is 14.2. The largest absolute Gasteiger partial charge is 0.493 e. The maximum atomic E-state index is 9.98. The molecule has 0 radical (unpaired) electrons. The minimum atomic E-state index is -0.300. The van der Waals surface area contributed by atoms with E-state index in [0.29, 0.717) is 18.1 Å². The minimum absolute atomic E-state index is 0.0433. The normalized spacial score (nSPS) is 19.3. The van der Waals surface area contributed by atoms with Gasteiger partial charge < -0.3 is 19.3 Å². The number of ether oxygens (including phenoxy) is 3. The van der Waals surface area contributed by atoms with Crippen LogP contribution in [0.4, 0.5) is 0 Å². The highest BCUT2D eigenvalue weighted by atomic mass is 16.5. The van der Waals surface area contributed by atoms with Gasteiger partial charge in [-0.15, -0.1) is 0 Å². The summed E-state index contributed by atoms with van der Waals surface area (Å²) in [4.78, 5) is 2.36. The molecule has 0 unspecified atom stereocenters. The molecule has 1 aliphatic rings. The number of aliphatic hydroxyl groups is 1. The second-order valence-electron chi connectivity index (χ2n) is 7.64. The third-order valence-electron chi connectivity index (χ3n) is 5.70. The average molecular weight is 424 g/mol. The third-order valence-corrected chi connectivity index (χ3v) is 5.70. The van der Waals surface area contributed by atoms with E-state index in [1.807, 2.05) is 35.1 Å². The van der Waals surface area contributed by atoms with Gasteiger partial charge in [-0.3, -0.25) is 9.58 Å². The van der Waals surface area contributed by atoms with Crippen molar-refractivity contribution in [3.8, 4) is 11.5 Å². The standard InChI is InChI=1S/C24H29N3O4/c1-29-21-9-8-20(14-22(21)30-2)24-23(17-28)31-13-12-26(24)15-18-4-6-19(7-5-18)16-27-11-3-10-25-27/h3-11,14,23-24,28H,12-13,15-17H2,1-2H3/t23-,24-/m1/s1. The fourth-order valence-electron chi connectivity index (χ4n) is 4.14. The topological polar surface area (TPSA) is 69.0 Å². The molecule has 0 spiro atoms. The average Bonchev–Trinajstić information content (AvgIpc) is 3.32. The van der Waals surface area contributed by atoms with Crippen LogP contribution in [0.15, 0.2) is 60.9 Å². The fraction of sp³-hybridized carbons (Fsp3) is 0.375. The Morgan fingerprint density at radius 1 is 1.03 bits per heavy atom. The van der Waals surface area contributed by atoms with E-state index in [1.165, 1.54) is 11.1 Å². The molecule has 3 aromatic rings. The van der Waals surface area contributed by atoms with E-state index < -0.39 is 0 Å². The Kier molecular flexibility index (Phi) is 6.86. The van der Waals surface area contributed by atoms with Crippen molar-refractivity contribution in [3.05, 3.63) is 77.6 Å². The molecule has 1 aromatic heterocycles. The van der Waals surface area contributed by atoms with Gasteiger partial charge in [0.25, 0.3) is 0 Å². The maximum Gasteiger partial charge on any atom is 0.161 e. The van der Waals surface area contributed by atoms with Crippen LogP contribution in [0.5, 0.6) is 11.5 Å². The molecule has 1 fully saturated rings. The minimum Gasteiger partial charge on any atom is -0.493 e. The molecule has 2 heterocycles. The van der Waals surface area contributed by atoms with Crippen LogP contribution < -0.4 is 9.47 Å². The van der Waals surface area contributed by atoms with Gasteiger partial charge in [0.1, 0.15) is 6.10 Å². The Balaban J connectivity index is 1.54. The second-order valence-corrected chi connectivity index (χ2v) is 7.64. The Morgan fingerprint density at radius 3 is 2.42 bits per heavy atom. The molecular weight excluding hydrogens is 394 g/mol. The summed E-state index contributed by atoms with van der Waals surface area (Å²) in [7, 11) is 3.26. The smallest absolute Gasteiger partial charge is 0.161 e. The molecule has 4 rings (SSSR count). The van der Waals surface area contributed by atoms with E-state index in [-0.39, 0.29) is 18.8 Å². The first-order valence-corrected chi connectivity index (χ1v) is 10.5. The monoisotopic (exact) mass is 423 g/mol. The summed E-state index contributed by atoms with van der Waals surface area (Å²) >= 11 is 0. The lowest BCUT2D eigenvalue weighted by Crippen LogP contribution is -2.46. The highest BCUT2D eigenvalue weighted by molar-refractivity contribution is 5.44. The van der Waals surface area contributed by atoms with Crippen LogP contribution in [0.25, 0.3) is 0 Å². The Morgan fingerprint density at radius 2 is 1.77 bits per heavy atom. The number of morpholine rings is 1. The van der Waals surface area contributed by atoms with Crippen LogP contribution >= 0.6 is 0 Å². The lowest BCUT2D eigenvalue weighted by Gasteiger charge is -2.41. The molecule has 2 aromatic carbocycles. The zero-order valence-corrected chi connectivity index (χ0v) is 18.0. The number of methoxy groups -OCH3 is 2. The molecular formula is C24H29N3O4. The first-order valence-electron chi connectivity index (χ1n) is 10.5. The van der Waals surface area contributed by atoms with Gasteiger partial charge in [-0.1, -0.05) is 30.3 Å². The van der Waals surface area contributed by atoms with Gasteiger partial charge in [-0.05, 0) is 34.9 Å². The van der Waals surface area contributed by atoms with E-state index in [2.05, 4.69) is 34.3 Å². The first-order chi connectivity index (χ1) is 15.2. The van der Waals surface area contributed by atoms with Gasteiger partial charge in [0, 0.05) is 25.5 Å². The van der Waals surface area contributed by atoms with Crippen LogP contribution in [0.3, 0.4) is 0 Å². The number of hydrogen-bond donors (Lipinski definition) is 1. The number of rotatable bonds is 8. The summed E-state index contributed by atoms with van der Waals surface area (Å²) in [5.41, 5.74) is 3.46. The maximum absolute atomic E-state index is 9.98. The highest BCUT2D eigenvalue weighted by Gasteiger charge is 2.33. The summed E-state index contributed by atoms with van der Waals surface area (Å²) in [6.45, 7) is 2.85. The zero-order valence-electron chi connectivity index (χ0n) is 18.0.